The molecule has 1 aromatic carbocycles. The minimum absolute atomic E-state index is 1.11. The summed E-state index contributed by atoms with van der Waals surface area (Å²) >= 11 is 0. The van der Waals surface area contributed by atoms with Gasteiger partial charge in [-0.1, -0.05) is 44.0 Å². The minimum atomic E-state index is 1.11. The summed E-state index contributed by atoms with van der Waals surface area (Å²) in [6.45, 7) is 3.34. The van der Waals surface area contributed by atoms with Gasteiger partial charge in [0.2, 0.25) is 0 Å². The molecule has 0 aliphatic heterocycles. The molecule has 0 saturated carbocycles. The van der Waals surface area contributed by atoms with Crippen molar-refractivity contribution >= 4 is 11.8 Å². The molecule has 0 fully saturated rings. The van der Waals surface area contributed by atoms with Crippen LogP contribution >= 0.6 is 0 Å². The molecule has 0 bridgehead atoms. The lowest BCUT2D eigenvalue weighted by molar-refractivity contribution is 0.689. The van der Waals surface area contributed by atoms with Crippen LogP contribution in [0.3, 0.4) is 0 Å². The summed E-state index contributed by atoms with van der Waals surface area (Å²) in [6, 6.07) is 8.52. The van der Waals surface area contributed by atoms with E-state index in [9.17, 15) is 0 Å². The first-order valence-corrected chi connectivity index (χ1v) is 5.47. The van der Waals surface area contributed by atoms with Crippen LogP contribution in [0.5, 0.6) is 0 Å². The number of unbranched alkanes of at least 4 members (excludes halogenated alkanes) is 2. The van der Waals surface area contributed by atoms with Gasteiger partial charge in [0.05, 0.1) is 0 Å². The first kappa shape index (κ1) is 9.32. The lowest BCUT2D eigenvalue weighted by Gasteiger charge is -2.21. The zero-order valence-corrected chi connectivity index (χ0v) is 8.72. The van der Waals surface area contributed by atoms with Gasteiger partial charge in [-0.2, -0.15) is 0 Å². The molecule has 1 N–H and O–H groups in total. The second kappa shape index (κ2) is 4.32. The maximum absolute atomic E-state index is 3.47. The van der Waals surface area contributed by atoms with E-state index >= 15 is 0 Å². The molecule has 0 atom stereocenters. The highest BCUT2D eigenvalue weighted by atomic mass is 14.9. The normalized spacial score (nSPS) is 12.8. The molecule has 0 amide bonds. The quantitative estimate of drug-likeness (QED) is 0.697. The largest absolute Gasteiger partial charge is 0.385 e. The number of benzene rings is 1. The van der Waals surface area contributed by atoms with Crippen molar-refractivity contribution in [3.8, 4) is 0 Å². The molecule has 0 unspecified atom stereocenters. The van der Waals surface area contributed by atoms with Gasteiger partial charge in [0.15, 0.2) is 0 Å². The predicted octanol–water partition coefficient (Wildman–Crippen LogP) is 3.28. The number of nitrogens with one attached hydrogen (secondary N) is 1. The van der Waals surface area contributed by atoms with E-state index in [0.29, 0.717) is 0 Å². The second-order valence-corrected chi connectivity index (χ2v) is 3.78. The van der Waals surface area contributed by atoms with E-state index < -0.39 is 0 Å². The van der Waals surface area contributed by atoms with Gasteiger partial charge in [0.1, 0.15) is 0 Å². The van der Waals surface area contributed by atoms with Gasteiger partial charge in [0, 0.05) is 17.8 Å². The summed E-state index contributed by atoms with van der Waals surface area (Å²) in [6.07, 6.45) is 6.11. The summed E-state index contributed by atoms with van der Waals surface area (Å²) in [5.41, 5.74) is 4.06. The fraction of sp³-hybridized carbons (Fsp3) is 0.385. The molecular weight excluding hydrogens is 170 g/mol. The third-order valence-corrected chi connectivity index (χ3v) is 2.65. The van der Waals surface area contributed by atoms with Crippen molar-refractivity contribution in [2.45, 2.75) is 26.2 Å². The van der Waals surface area contributed by atoms with Crippen LogP contribution < -0.4 is 5.32 Å². The van der Waals surface area contributed by atoms with Crippen molar-refractivity contribution in [3.05, 3.63) is 35.4 Å². The second-order valence-electron chi connectivity index (χ2n) is 3.78. The highest BCUT2D eigenvalue weighted by Gasteiger charge is 2.13. The van der Waals surface area contributed by atoms with E-state index in [0.717, 1.165) is 6.54 Å². The van der Waals surface area contributed by atoms with Crippen LogP contribution in [0, 0.1) is 0 Å². The zero-order chi connectivity index (χ0) is 9.80. The predicted molar refractivity (Wildman–Crippen MR) is 61.8 cm³/mol. The Morgan fingerprint density at radius 3 is 2.79 bits per heavy atom. The maximum atomic E-state index is 3.47. The van der Waals surface area contributed by atoms with Gasteiger partial charge < -0.3 is 5.32 Å². The lowest BCUT2D eigenvalue weighted by Crippen LogP contribution is -2.18. The van der Waals surface area contributed by atoms with E-state index in [2.05, 4.69) is 42.6 Å². The van der Waals surface area contributed by atoms with Crippen molar-refractivity contribution in [2.75, 3.05) is 6.54 Å². The molecule has 0 saturated heterocycles. The van der Waals surface area contributed by atoms with Crippen LogP contribution in [-0.2, 0) is 0 Å². The van der Waals surface area contributed by atoms with Crippen molar-refractivity contribution in [3.63, 3.8) is 0 Å². The van der Waals surface area contributed by atoms with E-state index in [1.807, 2.05) is 0 Å². The summed E-state index contributed by atoms with van der Waals surface area (Å²) in [7, 11) is 0. The Morgan fingerprint density at radius 2 is 2.00 bits per heavy atom. The molecule has 74 valence electrons. The molecule has 0 aromatic heterocycles. The SMILES string of the molecule is CCCCCNC1=Cc2ccccc21. The summed E-state index contributed by atoms with van der Waals surface area (Å²) in [5, 5.41) is 3.47. The fourth-order valence-corrected chi connectivity index (χ4v) is 1.77. The number of hydrogen-bond acceptors (Lipinski definition) is 1. The van der Waals surface area contributed by atoms with Crippen LogP contribution in [0.2, 0.25) is 0 Å². The van der Waals surface area contributed by atoms with E-state index in [1.165, 1.54) is 36.1 Å². The molecule has 0 heterocycles. The molecule has 1 nitrogen and oxygen atoms in total. The Bertz CT molecular complexity index is 339. The van der Waals surface area contributed by atoms with Crippen LogP contribution in [0.1, 0.15) is 37.3 Å². The van der Waals surface area contributed by atoms with Gasteiger partial charge in [-0.3, -0.25) is 0 Å². The highest BCUT2D eigenvalue weighted by molar-refractivity contribution is 5.94. The summed E-state index contributed by atoms with van der Waals surface area (Å²) in [5.74, 6) is 0. The third-order valence-electron chi connectivity index (χ3n) is 2.65. The molecule has 0 radical (unpaired) electrons. The molecule has 1 aliphatic carbocycles. The minimum Gasteiger partial charge on any atom is -0.385 e. The average Bonchev–Trinajstić information content (AvgIpc) is 2.19. The van der Waals surface area contributed by atoms with Crippen LogP contribution in [0.4, 0.5) is 0 Å². The van der Waals surface area contributed by atoms with Gasteiger partial charge in [-0.05, 0) is 18.1 Å². The van der Waals surface area contributed by atoms with E-state index in [-0.39, 0.29) is 0 Å². The van der Waals surface area contributed by atoms with Gasteiger partial charge in [-0.15, -0.1) is 0 Å². The van der Waals surface area contributed by atoms with E-state index in [1.54, 1.807) is 0 Å². The standard InChI is InChI=1S/C13H17N/c1-2-3-6-9-14-13-10-11-7-4-5-8-12(11)13/h4-5,7-8,10,14H,2-3,6,9H2,1H3. The van der Waals surface area contributed by atoms with Gasteiger partial charge in [0.25, 0.3) is 0 Å². The Balaban J connectivity index is 1.81. The Kier molecular flexibility index (Phi) is 2.87. The first-order chi connectivity index (χ1) is 6.92. The molecule has 1 aliphatic rings. The molecule has 1 aromatic rings. The molecule has 0 spiro atoms. The molecule has 14 heavy (non-hydrogen) atoms. The van der Waals surface area contributed by atoms with Crippen molar-refractivity contribution in [1.29, 1.82) is 0 Å². The molecular formula is C13H17N. The fourth-order valence-electron chi connectivity index (χ4n) is 1.77. The number of rotatable bonds is 5. The summed E-state index contributed by atoms with van der Waals surface area (Å²) < 4.78 is 0. The van der Waals surface area contributed by atoms with Crippen molar-refractivity contribution in [1.82, 2.24) is 5.32 Å². The third kappa shape index (κ3) is 1.82. The first-order valence-electron chi connectivity index (χ1n) is 5.47. The lowest BCUT2D eigenvalue weighted by atomic mass is 9.94. The average molecular weight is 187 g/mol. The van der Waals surface area contributed by atoms with Gasteiger partial charge >= 0.3 is 0 Å². The van der Waals surface area contributed by atoms with Crippen LogP contribution in [-0.4, -0.2) is 6.54 Å². The van der Waals surface area contributed by atoms with Crippen molar-refractivity contribution < 1.29 is 0 Å². The topological polar surface area (TPSA) is 12.0 Å². The smallest absolute Gasteiger partial charge is 0.0426 e. The highest BCUT2D eigenvalue weighted by Crippen LogP contribution is 2.29. The van der Waals surface area contributed by atoms with E-state index in [4.69, 9.17) is 0 Å². The Labute approximate surface area is 85.8 Å². The van der Waals surface area contributed by atoms with Crippen LogP contribution in [0.25, 0.3) is 11.8 Å². The Morgan fingerprint density at radius 1 is 1.14 bits per heavy atom. The number of fused-ring (bicyclic) bond motifs is 1. The Hall–Kier alpha value is -1.24. The molecule has 1 heteroatoms. The molecule has 2 rings (SSSR count). The zero-order valence-electron chi connectivity index (χ0n) is 8.72. The summed E-state index contributed by atoms with van der Waals surface area (Å²) in [4.78, 5) is 0. The maximum Gasteiger partial charge on any atom is 0.0426 e. The number of hydrogen-bond donors (Lipinski definition) is 1. The monoisotopic (exact) mass is 187 g/mol. The van der Waals surface area contributed by atoms with Crippen molar-refractivity contribution in [2.24, 2.45) is 0 Å². The van der Waals surface area contributed by atoms with Crippen LogP contribution in [0.15, 0.2) is 24.3 Å². The van der Waals surface area contributed by atoms with Gasteiger partial charge in [-0.25, -0.2) is 0 Å².